The number of aliphatic hydroxyl groups excluding tert-OH is 1. The number of methoxy groups -OCH3 is 1. The Morgan fingerprint density at radius 2 is 1.87 bits per heavy atom. The highest BCUT2D eigenvalue weighted by Gasteiger charge is 2.26. The molecule has 2 saturated heterocycles. The number of rotatable bonds is 9. The molecule has 0 spiro atoms. The minimum atomic E-state index is 0.0346. The molecular weight excluding hydrogens is 543 g/mol. The molecule has 0 radical (unpaired) electrons. The van der Waals surface area contributed by atoms with Crippen LogP contribution < -0.4 is 25.2 Å². The van der Waals surface area contributed by atoms with Gasteiger partial charge in [0.05, 0.1) is 42.0 Å². The molecule has 3 aromatic rings. The summed E-state index contributed by atoms with van der Waals surface area (Å²) in [5.74, 6) is 1.79. The average Bonchev–Trinajstić information content (AvgIpc) is 3.37. The number of aromatic nitrogens is 3. The van der Waals surface area contributed by atoms with Crippen LogP contribution in [0.4, 0.5) is 34.6 Å². The van der Waals surface area contributed by atoms with Crippen molar-refractivity contribution in [2.24, 2.45) is 0 Å². The molecule has 2 aliphatic rings. The van der Waals surface area contributed by atoms with Gasteiger partial charge < -0.3 is 25.4 Å². The predicted molar refractivity (Wildman–Crippen MR) is 153 cm³/mol. The Labute approximate surface area is 236 Å². The molecular formula is C26H30Cl2N8O3. The molecule has 4 heterocycles. The lowest BCUT2D eigenvalue weighted by Gasteiger charge is -2.36. The number of ether oxygens (including phenoxy) is 1. The van der Waals surface area contributed by atoms with Crippen LogP contribution in [0.2, 0.25) is 10.0 Å². The van der Waals surface area contributed by atoms with Crippen molar-refractivity contribution < 1.29 is 14.6 Å². The first kappa shape index (κ1) is 27.2. The number of carbonyl (C=O) groups excluding carboxylic acids is 1. The Balaban J connectivity index is 1.35. The Morgan fingerprint density at radius 3 is 2.59 bits per heavy atom. The summed E-state index contributed by atoms with van der Waals surface area (Å²) in [6.45, 7) is 4.72. The average molecular weight is 573 g/mol. The van der Waals surface area contributed by atoms with Crippen LogP contribution in [-0.2, 0) is 4.79 Å². The minimum absolute atomic E-state index is 0.0346. The van der Waals surface area contributed by atoms with E-state index in [-0.39, 0.29) is 18.5 Å². The summed E-state index contributed by atoms with van der Waals surface area (Å²) in [4.78, 5) is 31.7. The molecule has 11 nitrogen and oxygen atoms in total. The third-order valence-corrected chi connectivity index (χ3v) is 7.34. The predicted octanol–water partition coefficient (Wildman–Crippen LogP) is 3.92. The van der Waals surface area contributed by atoms with Crippen LogP contribution in [0.5, 0.6) is 5.75 Å². The molecule has 1 aromatic carbocycles. The number of nitrogens with one attached hydrogen (secondary N) is 2. The summed E-state index contributed by atoms with van der Waals surface area (Å²) >= 11 is 13.1. The molecule has 2 aliphatic heterocycles. The second-order valence-electron chi connectivity index (χ2n) is 9.22. The first-order valence-corrected chi connectivity index (χ1v) is 13.5. The zero-order valence-electron chi connectivity index (χ0n) is 21.5. The molecule has 206 valence electrons. The monoisotopic (exact) mass is 572 g/mol. The summed E-state index contributed by atoms with van der Waals surface area (Å²) in [7, 11) is 1.59. The van der Waals surface area contributed by atoms with E-state index in [4.69, 9.17) is 27.9 Å². The molecule has 1 amide bonds. The van der Waals surface area contributed by atoms with Crippen molar-refractivity contribution >= 4 is 63.8 Å². The smallest absolute Gasteiger partial charge is 0.229 e. The van der Waals surface area contributed by atoms with Crippen LogP contribution in [0.15, 0.2) is 36.7 Å². The molecule has 0 atom stereocenters. The number of halogens is 2. The van der Waals surface area contributed by atoms with Gasteiger partial charge in [-0.25, -0.2) is 9.97 Å². The highest BCUT2D eigenvalue weighted by atomic mass is 35.5. The zero-order valence-corrected chi connectivity index (χ0v) is 23.0. The van der Waals surface area contributed by atoms with Crippen LogP contribution in [0.3, 0.4) is 0 Å². The van der Waals surface area contributed by atoms with Crippen molar-refractivity contribution in [3.05, 3.63) is 46.7 Å². The lowest BCUT2D eigenvalue weighted by Crippen LogP contribution is -2.47. The van der Waals surface area contributed by atoms with Gasteiger partial charge in [0.2, 0.25) is 11.9 Å². The number of hydrogen-bond donors (Lipinski definition) is 3. The summed E-state index contributed by atoms with van der Waals surface area (Å²) in [6, 6.07) is 7.29. The number of aliphatic hydroxyl groups is 1. The van der Waals surface area contributed by atoms with Crippen molar-refractivity contribution in [2.75, 3.05) is 73.4 Å². The van der Waals surface area contributed by atoms with Gasteiger partial charge >= 0.3 is 0 Å². The summed E-state index contributed by atoms with van der Waals surface area (Å²) in [5.41, 5.74) is 2.09. The molecule has 0 aliphatic carbocycles. The first-order chi connectivity index (χ1) is 19.0. The number of nitrogens with zero attached hydrogens (tertiary/aromatic N) is 6. The Hall–Kier alpha value is -3.38. The number of amides is 1. The highest BCUT2D eigenvalue weighted by molar-refractivity contribution is 6.34. The molecule has 2 fully saturated rings. The Morgan fingerprint density at radius 1 is 1.05 bits per heavy atom. The van der Waals surface area contributed by atoms with Crippen LogP contribution in [0, 0.1) is 0 Å². The van der Waals surface area contributed by atoms with Crippen LogP contribution >= 0.6 is 23.2 Å². The maximum atomic E-state index is 12.3. The van der Waals surface area contributed by atoms with E-state index in [0.717, 1.165) is 38.3 Å². The standard InChI is InChI=1S/C26H30Cl2N8O3/c1-39-22-15-21(35-10-8-34(9-11-35)12-13-37)17(27)14-20(22)32-26-30-16-18(28)24(33-26)31-19-4-2-6-29-25(19)36-7-3-5-23(36)38/h2,4,6,14-16,37H,3,5,7-13H2,1H3,(H2,30,31,32,33). The molecule has 2 aromatic heterocycles. The van der Waals surface area contributed by atoms with Gasteiger partial charge in [-0.1, -0.05) is 23.2 Å². The summed E-state index contributed by atoms with van der Waals surface area (Å²) in [6.07, 6.45) is 4.43. The van der Waals surface area contributed by atoms with E-state index in [2.05, 4.69) is 35.4 Å². The van der Waals surface area contributed by atoms with E-state index in [0.29, 0.717) is 58.3 Å². The van der Waals surface area contributed by atoms with Crippen LogP contribution in [0.25, 0.3) is 0 Å². The number of anilines is 6. The minimum Gasteiger partial charge on any atom is -0.494 e. The van der Waals surface area contributed by atoms with Crippen molar-refractivity contribution in [3.8, 4) is 5.75 Å². The summed E-state index contributed by atoms with van der Waals surface area (Å²) < 4.78 is 5.66. The van der Waals surface area contributed by atoms with Gasteiger partial charge in [-0.2, -0.15) is 4.98 Å². The highest BCUT2D eigenvalue weighted by Crippen LogP contribution is 2.38. The number of benzene rings is 1. The Bertz CT molecular complexity index is 1340. The second-order valence-corrected chi connectivity index (χ2v) is 10.0. The van der Waals surface area contributed by atoms with Gasteiger partial charge in [-0.05, 0) is 24.6 Å². The molecule has 0 unspecified atom stereocenters. The van der Waals surface area contributed by atoms with Crippen molar-refractivity contribution in [3.63, 3.8) is 0 Å². The van der Waals surface area contributed by atoms with Gasteiger partial charge in [-0.3, -0.25) is 14.6 Å². The number of piperazine rings is 1. The fraction of sp³-hybridized carbons (Fsp3) is 0.385. The van der Waals surface area contributed by atoms with E-state index in [1.807, 2.05) is 12.1 Å². The number of β-amino-alcohol motifs (C(OH)–C–C–N with tert-alkyl or cyclic N) is 1. The molecule has 3 N–H and O–H groups in total. The van der Waals surface area contributed by atoms with Gasteiger partial charge in [0.1, 0.15) is 10.8 Å². The topological polar surface area (TPSA) is 119 Å². The maximum absolute atomic E-state index is 12.3. The van der Waals surface area contributed by atoms with Gasteiger partial charge in [-0.15, -0.1) is 0 Å². The van der Waals surface area contributed by atoms with Gasteiger partial charge in [0.15, 0.2) is 11.6 Å². The van der Waals surface area contributed by atoms with Gasteiger partial charge in [0.25, 0.3) is 0 Å². The lowest BCUT2D eigenvalue weighted by molar-refractivity contribution is -0.117. The SMILES string of the molecule is COc1cc(N2CCN(CCO)CC2)c(Cl)cc1Nc1ncc(Cl)c(Nc2cccnc2N2CCCC2=O)n1. The van der Waals surface area contributed by atoms with E-state index in [1.165, 1.54) is 6.20 Å². The van der Waals surface area contributed by atoms with Crippen molar-refractivity contribution in [1.82, 2.24) is 19.9 Å². The third-order valence-electron chi connectivity index (χ3n) is 6.76. The van der Waals surface area contributed by atoms with Crippen LogP contribution in [0.1, 0.15) is 12.8 Å². The van der Waals surface area contributed by atoms with Crippen molar-refractivity contribution in [2.45, 2.75) is 12.8 Å². The normalized spacial score (nSPS) is 16.1. The lowest BCUT2D eigenvalue weighted by atomic mass is 10.2. The quantitative estimate of drug-likeness (QED) is 0.348. The summed E-state index contributed by atoms with van der Waals surface area (Å²) in [5, 5.41) is 16.5. The first-order valence-electron chi connectivity index (χ1n) is 12.7. The molecule has 39 heavy (non-hydrogen) atoms. The van der Waals surface area contributed by atoms with Gasteiger partial charge in [0, 0.05) is 58.0 Å². The molecule has 13 heteroatoms. The number of carbonyl (C=O) groups is 1. The molecule has 0 bridgehead atoms. The van der Waals surface area contributed by atoms with E-state index < -0.39 is 0 Å². The third kappa shape index (κ3) is 6.11. The Kier molecular flexibility index (Phi) is 8.51. The number of hydrogen-bond acceptors (Lipinski definition) is 10. The van der Waals surface area contributed by atoms with E-state index >= 15 is 0 Å². The van der Waals surface area contributed by atoms with Crippen LogP contribution in [-0.4, -0.2) is 83.9 Å². The van der Waals surface area contributed by atoms with Crippen molar-refractivity contribution in [1.29, 1.82) is 0 Å². The zero-order chi connectivity index (χ0) is 27.4. The van der Waals surface area contributed by atoms with E-state index in [9.17, 15) is 9.90 Å². The largest absolute Gasteiger partial charge is 0.494 e. The van der Waals surface area contributed by atoms with E-state index in [1.54, 1.807) is 30.3 Å². The fourth-order valence-corrected chi connectivity index (χ4v) is 5.17. The fourth-order valence-electron chi connectivity index (χ4n) is 4.75. The molecule has 5 rings (SSSR count). The second kappa shape index (κ2) is 12.2. The maximum Gasteiger partial charge on any atom is 0.229 e. The number of pyridine rings is 1. The molecule has 0 saturated carbocycles.